The lowest BCUT2D eigenvalue weighted by molar-refractivity contribution is -0.138. The van der Waals surface area contributed by atoms with Gasteiger partial charge in [-0.05, 0) is 38.5 Å². The summed E-state index contributed by atoms with van der Waals surface area (Å²) in [5.41, 5.74) is 2.59. The van der Waals surface area contributed by atoms with Gasteiger partial charge in [-0.3, -0.25) is 9.48 Å². The first kappa shape index (κ1) is 13.7. The highest BCUT2D eigenvalue weighted by Crippen LogP contribution is 2.37. The fourth-order valence-corrected chi connectivity index (χ4v) is 2.44. The molecule has 0 amide bonds. The fourth-order valence-electron chi connectivity index (χ4n) is 2.44. The third kappa shape index (κ3) is 2.39. The average Bonchev–Trinajstić information content (AvgIpc) is 3.04. The number of nitrogens with zero attached hydrogens (tertiary/aromatic N) is 2. The largest absolute Gasteiger partial charge is 0.492 e. The maximum absolute atomic E-state index is 11.3. The van der Waals surface area contributed by atoms with E-state index in [1.165, 1.54) is 0 Å². The maximum atomic E-state index is 11.3. The van der Waals surface area contributed by atoms with E-state index in [0.29, 0.717) is 5.75 Å². The van der Waals surface area contributed by atoms with Crippen molar-refractivity contribution in [2.45, 2.75) is 32.2 Å². The second-order valence-electron chi connectivity index (χ2n) is 6.30. The Morgan fingerprint density at radius 3 is 2.76 bits per heavy atom. The molecule has 0 bridgehead atoms. The zero-order chi connectivity index (χ0) is 15.2. The SMILES string of the molecule is CC(C)(C)n1cc(-c2ccc3c(c2)C(C(=O)O)CO3)cn1. The van der Waals surface area contributed by atoms with Crippen LogP contribution in [0.4, 0.5) is 0 Å². The molecule has 0 spiro atoms. The molecule has 1 aliphatic rings. The summed E-state index contributed by atoms with van der Waals surface area (Å²) in [5.74, 6) is -0.775. The van der Waals surface area contributed by atoms with Gasteiger partial charge in [-0.15, -0.1) is 0 Å². The average molecular weight is 286 g/mol. The molecule has 0 aliphatic carbocycles. The van der Waals surface area contributed by atoms with Gasteiger partial charge >= 0.3 is 5.97 Å². The summed E-state index contributed by atoms with van der Waals surface area (Å²) in [6.45, 7) is 6.46. The Morgan fingerprint density at radius 1 is 1.38 bits per heavy atom. The predicted molar refractivity (Wildman–Crippen MR) is 78.5 cm³/mol. The molecule has 110 valence electrons. The van der Waals surface area contributed by atoms with Gasteiger partial charge in [0.1, 0.15) is 18.3 Å². The minimum absolute atomic E-state index is 0.0817. The molecule has 2 aromatic rings. The van der Waals surface area contributed by atoms with Gasteiger partial charge in [0.2, 0.25) is 0 Å². The van der Waals surface area contributed by atoms with E-state index in [9.17, 15) is 9.90 Å². The number of hydrogen-bond acceptors (Lipinski definition) is 3. The van der Waals surface area contributed by atoms with E-state index in [0.717, 1.165) is 16.7 Å². The number of carboxylic acid groups (broad SMARTS) is 1. The zero-order valence-electron chi connectivity index (χ0n) is 12.3. The van der Waals surface area contributed by atoms with Crippen molar-refractivity contribution in [1.82, 2.24) is 9.78 Å². The van der Waals surface area contributed by atoms with Crippen LogP contribution in [-0.2, 0) is 10.3 Å². The second-order valence-corrected chi connectivity index (χ2v) is 6.30. The van der Waals surface area contributed by atoms with Crippen molar-refractivity contribution in [2.75, 3.05) is 6.61 Å². The number of hydrogen-bond donors (Lipinski definition) is 1. The molecule has 3 rings (SSSR count). The number of aromatic nitrogens is 2. The van der Waals surface area contributed by atoms with E-state index >= 15 is 0 Å². The lowest BCUT2D eigenvalue weighted by Gasteiger charge is -2.18. The molecule has 1 aliphatic heterocycles. The molecule has 21 heavy (non-hydrogen) atoms. The number of carbonyl (C=O) groups is 1. The highest BCUT2D eigenvalue weighted by Gasteiger charge is 2.30. The van der Waals surface area contributed by atoms with Gasteiger partial charge in [-0.25, -0.2) is 0 Å². The molecular weight excluding hydrogens is 268 g/mol. The molecule has 5 nitrogen and oxygen atoms in total. The summed E-state index contributed by atoms with van der Waals surface area (Å²) in [6.07, 6.45) is 3.78. The van der Waals surface area contributed by atoms with E-state index in [1.807, 2.05) is 29.1 Å². The van der Waals surface area contributed by atoms with E-state index in [1.54, 1.807) is 6.20 Å². The van der Waals surface area contributed by atoms with E-state index in [4.69, 9.17) is 4.74 Å². The molecule has 1 N–H and O–H groups in total. The van der Waals surface area contributed by atoms with Gasteiger partial charge in [0.15, 0.2) is 0 Å². The normalized spacial score (nSPS) is 17.4. The van der Waals surface area contributed by atoms with Crippen molar-refractivity contribution in [3.63, 3.8) is 0 Å². The molecule has 1 atom stereocenters. The Hall–Kier alpha value is -2.30. The summed E-state index contributed by atoms with van der Waals surface area (Å²) < 4.78 is 7.32. The zero-order valence-corrected chi connectivity index (χ0v) is 12.3. The predicted octanol–water partition coefficient (Wildman–Crippen LogP) is 2.87. The Balaban J connectivity index is 1.99. The Kier molecular flexibility index (Phi) is 3.01. The number of fused-ring (bicyclic) bond motifs is 1. The second kappa shape index (κ2) is 4.62. The van der Waals surface area contributed by atoms with Crippen molar-refractivity contribution in [3.05, 3.63) is 36.2 Å². The number of carboxylic acids is 1. The van der Waals surface area contributed by atoms with Crippen LogP contribution < -0.4 is 4.74 Å². The van der Waals surface area contributed by atoms with Gasteiger partial charge in [-0.1, -0.05) is 6.07 Å². The van der Waals surface area contributed by atoms with Gasteiger partial charge in [-0.2, -0.15) is 5.10 Å². The van der Waals surface area contributed by atoms with Crippen LogP contribution in [0.2, 0.25) is 0 Å². The summed E-state index contributed by atoms with van der Waals surface area (Å²) in [7, 11) is 0. The smallest absolute Gasteiger partial charge is 0.314 e. The molecular formula is C16H18N2O3. The van der Waals surface area contributed by atoms with E-state index in [2.05, 4.69) is 25.9 Å². The molecule has 1 aromatic carbocycles. The minimum Gasteiger partial charge on any atom is -0.492 e. The van der Waals surface area contributed by atoms with Crippen molar-refractivity contribution < 1.29 is 14.6 Å². The molecule has 1 aromatic heterocycles. The van der Waals surface area contributed by atoms with Gasteiger partial charge in [0.05, 0.1) is 11.7 Å². The number of aliphatic carboxylic acids is 1. The van der Waals surface area contributed by atoms with E-state index in [-0.39, 0.29) is 12.1 Å². The van der Waals surface area contributed by atoms with Crippen LogP contribution in [0.25, 0.3) is 11.1 Å². The Morgan fingerprint density at radius 2 is 2.14 bits per heavy atom. The van der Waals surface area contributed by atoms with Crippen molar-refractivity contribution in [2.24, 2.45) is 0 Å². The lowest BCUT2D eigenvalue weighted by atomic mass is 9.97. The van der Waals surface area contributed by atoms with Crippen molar-refractivity contribution >= 4 is 5.97 Å². The number of benzene rings is 1. The van der Waals surface area contributed by atoms with Gasteiger partial charge in [0.25, 0.3) is 0 Å². The first-order valence-electron chi connectivity index (χ1n) is 6.91. The summed E-state index contributed by atoms with van der Waals surface area (Å²) >= 11 is 0. The van der Waals surface area contributed by atoms with Crippen LogP contribution >= 0.6 is 0 Å². The quantitative estimate of drug-likeness (QED) is 0.922. The van der Waals surface area contributed by atoms with Crippen LogP contribution in [0.15, 0.2) is 30.6 Å². The van der Waals surface area contributed by atoms with Crippen molar-refractivity contribution in [1.29, 1.82) is 0 Å². The molecule has 0 saturated heterocycles. The highest BCUT2D eigenvalue weighted by molar-refractivity contribution is 5.80. The van der Waals surface area contributed by atoms with Crippen LogP contribution in [0.3, 0.4) is 0 Å². The number of ether oxygens (including phenoxy) is 1. The lowest BCUT2D eigenvalue weighted by Crippen LogP contribution is -2.21. The van der Waals surface area contributed by atoms with Crippen LogP contribution in [0.5, 0.6) is 5.75 Å². The molecule has 2 heterocycles. The Labute approximate surface area is 123 Å². The third-order valence-electron chi connectivity index (χ3n) is 3.69. The minimum atomic E-state index is -0.851. The Bertz CT molecular complexity index is 698. The summed E-state index contributed by atoms with van der Waals surface area (Å²) in [4.78, 5) is 11.3. The van der Waals surface area contributed by atoms with Crippen LogP contribution in [0, 0.1) is 0 Å². The maximum Gasteiger partial charge on any atom is 0.314 e. The van der Waals surface area contributed by atoms with Crippen molar-refractivity contribution in [3.8, 4) is 16.9 Å². The number of rotatable bonds is 2. The third-order valence-corrected chi connectivity index (χ3v) is 3.69. The molecule has 0 radical (unpaired) electrons. The standard InChI is InChI=1S/C16H18N2O3/c1-16(2,3)18-8-11(7-17-18)10-4-5-14-12(6-10)13(9-21-14)15(19)20/h4-8,13H,9H2,1-3H3,(H,19,20). The first-order chi connectivity index (χ1) is 9.86. The summed E-state index contributed by atoms with van der Waals surface area (Å²) in [5, 5.41) is 13.6. The highest BCUT2D eigenvalue weighted by atomic mass is 16.5. The molecule has 1 unspecified atom stereocenters. The summed E-state index contributed by atoms with van der Waals surface area (Å²) in [6, 6.07) is 5.67. The fraction of sp³-hybridized carbons (Fsp3) is 0.375. The molecule has 0 fully saturated rings. The van der Waals surface area contributed by atoms with Crippen LogP contribution in [-0.4, -0.2) is 27.5 Å². The van der Waals surface area contributed by atoms with Crippen LogP contribution in [0.1, 0.15) is 32.3 Å². The van der Waals surface area contributed by atoms with Gasteiger partial charge in [0, 0.05) is 17.3 Å². The monoisotopic (exact) mass is 286 g/mol. The molecule has 0 saturated carbocycles. The topological polar surface area (TPSA) is 64.4 Å². The molecule has 5 heteroatoms. The first-order valence-corrected chi connectivity index (χ1v) is 6.91. The van der Waals surface area contributed by atoms with Gasteiger partial charge < -0.3 is 9.84 Å². The van der Waals surface area contributed by atoms with E-state index < -0.39 is 11.9 Å².